The zero-order valence-corrected chi connectivity index (χ0v) is 14.5. The summed E-state index contributed by atoms with van der Waals surface area (Å²) < 4.78 is 0. The fraction of sp³-hybridized carbons (Fsp3) is 0.200. The van der Waals surface area contributed by atoms with Gasteiger partial charge >= 0.3 is 0 Å². The lowest BCUT2D eigenvalue weighted by molar-refractivity contribution is 1.11. The maximum Gasteiger partial charge on any atom is 0.229 e. The highest BCUT2D eigenvalue weighted by molar-refractivity contribution is 5.63. The van der Waals surface area contributed by atoms with Gasteiger partial charge in [0.25, 0.3) is 0 Å². The third-order valence-corrected chi connectivity index (χ3v) is 3.74. The molecule has 24 heavy (non-hydrogen) atoms. The standard InChI is InChI=1S/C20H22N4/c1-13-9-14(2)11-17(10-13)22-20-21-16(4)12-19(24-20)23-18-8-6-5-7-15(18)3/h5-12H,1-4H3,(H2,21,22,23,24). The molecule has 2 aromatic carbocycles. The van der Waals surface area contributed by atoms with Crippen molar-refractivity contribution in [2.24, 2.45) is 0 Å². The van der Waals surface area contributed by atoms with Gasteiger partial charge in [0.1, 0.15) is 5.82 Å². The van der Waals surface area contributed by atoms with E-state index in [0.717, 1.165) is 22.9 Å². The Bertz CT molecular complexity index is 851. The topological polar surface area (TPSA) is 49.8 Å². The first-order valence-corrected chi connectivity index (χ1v) is 8.03. The summed E-state index contributed by atoms with van der Waals surface area (Å²) in [5, 5.41) is 6.68. The van der Waals surface area contributed by atoms with Crippen LogP contribution in [-0.4, -0.2) is 9.97 Å². The van der Waals surface area contributed by atoms with Crippen LogP contribution in [0.15, 0.2) is 48.5 Å². The fourth-order valence-corrected chi connectivity index (χ4v) is 2.72. The van der Waals surface area contributed by atoms with E-state index in [1.165, 1.54) is 16.7 Å². The van der Waals surface area contributed by atoms with Crippen LogP contribution in [0.5, 0.6) is 0 Å². The summed E-state index contributed by atoms with van der Waals surface area (Å²) in [7, 11) is 0. The molecule has 4 heteroatoms. The van der Waals surface area contributed by atoms with Crippen LogP contribution in [0.25, 0.3) is 0 Å². The summed E-state index contributed by atoms with van der Waals surface area (Å²) in [4.78, 5) is 9.08. The smallest absolute Gasteiger partial charge is 0.229 e. The molecule has 0 aliphatic heterocycles. The van der Waals surface area contributed by atoms with Crippen LogP contribution in [0.4, 0.5) is 23.1 Å². The molecule has 1 heterocycles. The van der Waals surface area contributed by atoms with Crippen molar-refractivity contribution in [3.8, 4) is 0 Å². The quantitative estimate of drug-likeness (QED) is 0.694. The third-order valence-electron chi connectivity index (χ3n) is 3.74. The number of anilines is 4. The number of nitrogens with zero attached hydrogens (tertiary/aromatic N) is 2. The molecule has 0 radical (unpaired) electrons. The van der Waals surface area contributed by atoms with E-state index >= 15 is 0 Å². The maximum absolute atomic E-state index is 4.59. The van der Waals surface area contributed by atoms with Crippen LogP contribution in [-0.2, 0) is 0 Å². The first-order valence-electron chi connectivity index (χ1n) is 8.03. The van der Waals surface area contributed by atoms with E-state index in [2.05, 4.69) is 65.6 Å². The van der Waals surface area contributed by atoms with Crippen molar-refractivity contribution >= 4 is 23.1 Å². The number of benzene rings is 2. The van der Waals surface area contributed by atoms with Gasteiger partial charge in [-0.05, 0) is 62.6 Å². The molecule has 4 nitrogen and oxygen atoms in total. The third kappa shape index (κ3) is 3.90. The number of nitrogens with one attached hydrogen (secondary N) is 2. The molecular weight excluding hydrogens is 296 g/mol. The summed E-state index contributed by atoms with van der Waals surface area (Å²) in [5.41, 5.74) is 6.56. The molecule has 0 aliphatic carbocycles. The van der Waals surface area contributed by atoms with Gasteiger partial charge in [-0.1, -0.05) is 24.3 Å². The van der Waals surface area contributed by atoms with Gasteiger partial charge in [0, 0.05) is 23.1 Å². The van der Waals surface area contributed by atoms with Crippen molar-refractivity contribution in [2.45, 2.75) is 27.7 Å². The van der Waals surface area contributed by atoms with Crippen LogP contribution in [0, 0.1) is 27.7 Å². The minimum atomic E-state index is 0.594. The van der Waals surface area contributed by atoms with Crippen molar-refractivity contribution in [3.05, 3.63) is 70.9 Å². The second-order valence-electron chi connectivity index (χ2n) is 6.16. The van der Waals surface area contributed by atoms with Crippen molar-refractivity contribution in [2.75, 3.05) is 10.6 Å². The Morgan fingerprint density at radius 2 is 1.46 bits per heavy atom. The van der Waals surface area contributed by atoms with Gasteiger partial charge in [-0.3, -0.25) is 0 Å². The fourth-order valence-electron chi connectivity index (χ4n) is 2.72. The van der Waals surface area contributed by atoms with Crippen LogP contribution in [0.1, 0.15) is 22.4 Å². The second-order valence-corrected chi connectivity index (χ2v) is 6.16. The van der Waals surface area contributed by atoms with Crippen LogP contribution < -0.4 is 10.6 Å². The molecule has 0 fully saturated rings. The van der Waals surface area contributed by atoms with Crippen molar-refractivity contribution in [1.29, 1.82) is 0 Å². The monoisotopic (exact) mass is 318 g/mol. The number of para-hydroxylation sites is 1. The second kappa shape index (κ2) is 6.71. The molecule has 3 rings (SSSR count). The summed E-state index contributed by atoms with van der Waals surface area (Å²) >= 11 is 0. The summed E-state index contributed by atoms with van der Waals surface area (Å²) in [6.45, 7) is 8.21. The molecule has 0 unspecified atom stereocenters. The molecule has 122 valence electrons. The lowest BCUT2D eigenvalue weighted by Crippen LogP contribution is -2.03. The summed E-state index contributed by atoms with van der Waals surface area (Å²) in [6.07, 6.45) is 0. The van der Waals surface area contributed by atoms with Gasteiger partial charge < -0.3 is 10.6 Å². The lowest BCUT2D eigenvalue weighted by Gasteiger charge is -2.12. The maximum atomic E-state index is 4.59. The Morgan fingerprint density at radius 3 is 2.17 bits per heavy atom. The average Bonchev–Trinajstić information content (AvgIpc) is 2.48. The highest BCUT2D eigenvalue weighted by atomic mass is 15.1. The highest BCUT2D eigenvalue weighted by Crippen LogP contribution is 2.22. The first kappa shape index (κ1) is 16.0. The van der Waals surface area contributed by atoms with Gasteiger partial charge in [0.05, 0.1) is 0 Å². The largest absolute Gasteiger partial charge is 0.340 e. The van der Waals surface area contributed by atoms with E-state index in [1.54, 1.807) is 0 Å². The number of hydrogen-bond donors (Lipinski definition) is 2. The molecule has 1 aromatic heterocycles. The highest BCUT2D eigenvalue weighted by Gasteiger charge is 2.05. The van der Waals surface area contributed by atoms with E-state index in [0.29, 0.717) is 5.95 Å². The van der Waals surface area contributed by atoms with E-state index < -0.39 is 0 Å². The predicted octanol–water partition coefficient (Wildman–Crippen LogP) is 5.20. The van der Waals surface area contributed by atoms with E-state index in [4.69, 9.17) is 0 Å². The van der Waals surface area contributed by atoms with E-state index in [-0.39, 0.29) is 0 Å². The Balaban J connectivity index is 1.87. The molecule has 3 aromatic rings. The first-order chi connectivity index (χ1) is 11.5. The molecule has 0 amide bonds. The Hall–Kier alpha value is -2.88. The summed E-state index contributed by atoms with van der Waals surface area (Å²) in [6, 6.07) is 16.4. The molecular formula is C20H22N4. The van der Waals surface area contributed by atoms with Crippen molar-refractivity contribution in [3.63, 3.8) is 0 Å². The normalized spacial score (nSPS) is 10.5. The molecule has 0 spiro atoms. The van der Waals surface area contributed by atoms with Crippen LogP contribution in [0.2, 0.25) is 0 Å². The van der Waals surface area contributed by atoms with Gasteiger partial charge in [-0.25, -0.2) is 4.98 Å². The van der Waals surface area contributed by atoms with Gasteiger partial charge in [-0.15, -0.1) is 0 Å². The zero-order chi connectivity index (χ0) is 17.1. The minimum Gasteiger partial charge on any atom is -0.340 e. The lowest BCUT2D eigenvalue weighted by atomic mass is 10.1. The Kier molecular flexibility index (Phi) is 4.47. The summed E-state index contributed by atoms with van der Waals surface area (Å²) in [5.74, 6) is 1.37. The van der Waals surface area contributed by atoms with Crippen LogP contribution in [0.3, 0.4) is 0 Å². The van der Waals surface area contributed by atoms with Crippen molar-refractivity contribution < 1.29 is 0 Å². The Labute approximate surface area is 143 Å². The Morgan fingerprint density at radius 1 is 0.750 bits per heavy atom. The van der Waals surface area contributed by atoms with Crippen LogP contribution >= 0.6 is 0 Å². The molecule has 0 bridgehead atoms. The molecule has 0 atom stereocenters. The molecule has 0 saturated carbocycles. The number of rotatable bonds is 4. The number of hydrogen-bond acceptors (Lipinski definition) is 4. The molecule has 2 N–H and O–H groups in total. The van der Waals surface area contributed by atoms with E-state index in [1.807, 2.05) is 31.2 Å². The minimum absolute atomic E-state index is 0.594. The molecule has 0 aliphatic rings. The predicted molar refractivity (Wildman–Crippen MR) is 100 cm³/mol. The van der Waals surface area contributed by atoms with Gasteiger partial charge in [0.2, 0.25) is 5.95 Å². The van der Waals surface area contributed by atoms with Gasteiger partial charge in [-0.2, -0.15) is 4.98 Å². The van der Waals surface area contributed by atoms with Gasteiger partial charge in [0.15, 0.2) is 0 Å². The van der Waals surface area contributed by atoms with Crippen molar-refractivity contribution in [1.82, 2.24) is 9.97 Å². The average molecular weight is 318 g/mol. The SMILES string of the molecule is Cc1cc(C)cc(Nc2nc(C)cc(Nc3ccccc3C)n2)c1. The van der Waals surface area contributed by atoms with E-state index in [9.17, 15) is 0 Å². The number of aromatic nitrogens is 2. The molecule has 0 saturated heterocycles. The number of aryl methyl sites for hydroxylation is 4. The zero-order valence-electron chi connectivity index (χ0n) is 14.5.